The van der Waals surface area contributed by atoms with Crippen molar-refractivity contribution in [3.05, 3.63) is 96.0 Å². The third-order valence-electron chi connectivity index (χ3n) is 6.09. The quantitative estimate of drug-likeness (QED) is 0.330. The first-order valence-corrected chi connectivity index (χ1v) is 11.6. The van der Waals surface area contributed by atoms with E-state index in [1.165, 1.54) is 0 Å². The fourth-order valence-electron chi connectivity index (χ4n) is 4.43. The van der Waals surface area contributed by atoms with Crippen molar-refractivity contribution < 1.29 is 23.8 Å². The van der Waals surface area contributed by atoms with Crippen molar-refractivity contribution in [2.24, 2.45) is 0 Å². The SMILES string of the molecule is COc1ccc(N2C(=S)N[C@@H](c3ccccn3)[C@@H]2c2ccc(-c3ccccc3C(=O)O)o2)c(OC)c1. The summed E-state index contributed by atoms with van der Waals surface area (Å²) in [5.74, 6) is 1.24. The maximum Gasteiger partial charge on any atom is 0.336 e. The number of carboxylic acid groups (broad SMARTS) is 1. The summed E-state index contributed by atoms with van der Waals surface area (Å²) in [6, 6.07) is 20.8. The van der Waals surface area contributed by atoms with Gasteiger partial charge >= 0.3 is 5.97 Å². The minimum Gasteiger partial charge on any atom is -0.497 e. The molecule has 4 aromatic rings. The number of nitrogens with zero attached hydrogens (tertiary/aromatic N) is 2. The third-order valence-corrected chi connectivity index (χ3v) is 6.40. The number of ether oxygens (including phenoxy) is 2. The highest BCUT2D eigenvalue weighted by atomic mass is 32.1. The fourth-order valence-corrected chi connectivity index (χ4v) is 4.77. The lowest BCUT2D eigenvalue weighted by molar-refractivity contribution is 0.0697. The molecule has 0 saturated carbocycles. The van der Waals surface area contributed by atoms with Crippen LogP contribution in [0.3, 0.4) is 0 Å². The lowest BCUT2D eigenvalue weighted by Gasteiger charge is -2.27. The van der Waals surface area contributed by atoms with Crippen molar-refractivity contribution in [2.75, 3.05) is 19.1 Å². The largest absolute Gasteiger partial charge is 0.497 e. The molecule has 1 aliphatic heterocycles. The molecule has 1 saturated heterocycles. The molecular formula is C27H23N3O5S. The maximum absolute atomic E-state index is 11.8. The minimum atomic E-state index is -1.02. The molecule has 2 atom stereocenters. The van der Waals surface area contributed by atoms with Crippen LogP contribution in [0.15, 0.2) is 83.4 Å². The number of hydrogen-bond donors (Lipinski definition) is 2. The van der Waals surface area contributed by atoms with E-state index in [4.69, 9.17) is 26.1 Å². The Balaban J connectivity index is 1.64. The van der Waals surface area contributed by atoms with Crippen LogP contribution >= 0.6 is 12.2 Å². The van der Waals surface area contributed by atoms with Crippen LogP contribution in [0.5, 0.6) is 11.5 Å². The number of benzene rings is 2. The first-order valence-electron chi connectivity index (χ1n) is 11.2. The van der Waals surface area contributed by atoms with Crippen LogP contribution in [-0.4, -0.2) is 35.4 Å². The van der Waals surface area contributed by atoms with E-state index < -0.39 is 12.0 Å². The summed E-state index contributed by atoms with van der Waals surface area (Å²) in [5.41, 5.74) is 2.16. The number of hydrogen-bond acceptors (Lipinski definition) is 6. The van der Waals surface area contributed by atoms with Gasteiger partial charge in [0.05, 0.1) is 37.2 Å². The summed E-state index contributed by atoms with van der Waals surface area (Å²) < 4.78 is 17.3. The van der Waals surface area contributed by atoms with Gasteiger partial charge in [-0.1, -0.05) is 24.3 Å². The van der Waals surface area contributed by atoms with Gasteiger partial charge in [0.1, 0.15) is 29.1 Å². The molecule has 2 aromatic heterocycles. The Hall–Kier alpha value is -4.37. The van der Waals surface area contributed by atoms with Crippen LogP contribution < -0.4 is 19.7 Å². The Bertz CT molecular complexity index is 1420. The van der Waals surface area contributed by atoms with Crippen molar-refractivity contribution >= 4 is 29.0 Å². The topological polar surface area (TPSA) is 97.1 Å². The van der Waals surface area contributed by atoms with Crippen LogP contribution in [-0.2, 0) is 0 Å². The van der Waals surface area contributed by atoms with Crippen LogP contribution in [0, 0.1) is 0 Å². The average molecular weight is 502 g/mol. The molecule has 0 amide bonds. The minimum absolute atomic E-state index is 0.161. The van der Waals surface area contributed by atoms with Gasteiger partial charge in [-0.2, -0.15) is 0 Å². The van der Waals surface area contributed by atoms with E-state index in [1.54, 1.807) is 56.8 Å². The van der Waals surface area contributed by atoms with Crippen molar-refractivity contribution in [1.82, 2.24) is 10.3 Å². The van der Waals surface area contributed by atoms with Gasteiger partial charge in [-0.15, -0.1) is 0 Å². The summed E-state index contributed by atoms with van der Waals surface area (Å²) in [4.78, 5) is 18.3. The third kappa shape index (κ3) is 4.14. The summed E-state index contributed by atoms with van der Waals surface area (Å²) >= 11 is 5.78. The van der Waals surface area contributed by atoms with E-state index in [9.17, 15) is 9.90 Å². The Kier molecular flexibility index (Phi) is 6.30. The number of aromatic carboxylic acids is 1. The molecule has 0 bridgehead atoms. The van der Waals surface area contributed by atoms with Gasteiger partial charge in [-0.05, 0) is 54.7 Å². The smallest absolute Gasteiger partial charge is 0.336 e. The molecule has 2 N–H and O–H groups in total. The number of furan rings is 1. The van der Waals surface area contributed by atoms with Gasteiger partial charge in [0.15, 0.2) is 5.11 Å². The second-order valence-corrected chi connectivity index (χ2v) is 8.47. The normalized spacial score (nSPS) is 17.1. The number of pyridine rings is 1. The molecule has 1 aliphatic rings. The molecule has 0 aliphatic carbocycles. The summed E-state index contributed by atoms with van der Waals surface area (Å²) in [5, 5.41) is 13.5. The standard InChI is InChI=1S/C27H23N3O5S/c1-33-16-10-11-20(23(15-16)34-2)30-25(24(29-27(30)36)19-9-5-6-14-28-19)22-13-12-21(35-22)17-7-3-4-8-18(17)26(31)32/h3-15,24-25H,1-2H3,(H,29,36)(H,31,32)/t24-,25-/m0/s1. The summed E-state index contributed by atoms with van der Waals surface area (Å²) in [7, 11) is 3.18. The molecule has 0 radical (unpaired) electrons. The van der Waals surface area contributed by atoms with Crippen LogP contribution in [0.2, 0.25) is 0 Å². The zero-order chi connectivity index (χ0) is 25.2. The highest BCUT2D eigenvalue weighted by molar-refractivity contribution is 7.80. The lowest BCUT2D eigenvalue weighted by atomic mass is 10.0. The van der Waals surface area contributed by atoms with Crippen LogP contribution in [0.25, 0.3) is 11.3 Å². The average Bonchev–Trinajstić information content (AvgIpc) is 3.53. The molecule has 5 rings (SSSR count). The number of nitrogens with one attached hydrogen (secondary N) is 1. The van der Waals surface area contributed by atoms with E-state index in [1.807, 2.05) is 41.3 Å². The zero-order valence-corrected chi connectivity index (χ0v) is 20.4. The molecule has 2 aromatic carbocycles. The molecular weight excluding hydrogens is 478 g/mol. The van der Waals surface area contributed by atoms with Crippen LogP contribution in [0.4, 0.5) is 5.69 Å². The predicted molar refractivity (Wildman–Crippen MR) is 139 cm³/mol. The molecule has 0 unspecified atom stereocenters. The van der Waals surface area contributed by atoms with Crippen LogP contribution in [0.1, 0.15) is 33.9 Å². The highest BCUT2D eigenvalue weighted by Gasteiger charge is 2.43. The molecule has 0 spiro atoms. The monoisotopic (exact) mass is 501 g/mol. The van der Waals surface area contributed by atoms with Gasteiger partial charge in [0.2, 0.25) is 0 Å². The number of carboxylic acids is 1. The fraction of sp³-hybridized carbons (Fsp3) is 0.148. The first kappa shape index (κ1) is 23.4. The molecule has 1 fully saturated rings. The molecule has 182 valence electrons. The number of aromatic nitrogens is 1. The van der Waals surface area contributed by atoms with E-state index in [2.05, 4.69) is 10.3 Å². The molecule has 9 heteroatoms. The summed E-state index contributed by atoms with van der Waals surface area (Å²) in [6.45, 7) is 0. The Labute approximate surface area is 213 Å². The van der Waals surface area contributed by atoms with Crippen molar-refractivity contribution in [1.29, 1.82) is 0 Å². The first-order chi connectivity index (χ1) is 17.5. The van der Waals surface area contributed by atoms with Gasteiger partial charge in [0, 0.05) is 17.8 Å². The number of rotatable bonds is 7. The van der Waals surface area contributed by atoms with E-state index >= 15 is 0 Å². The number of methoxy groups -OCH3 is 2. The van der Waals surface area contributed by atoms with E-state index in [-0.39, 0.29) is 11.6 Å². The molecule has 36 heavy (non-hydrogen) atoms. The van der Waals surface area contributed by atoms with Crippen molar-refractivity contribution in [2.45, 2.75) is 12.1 Å². The van der Waals surface area contributed by atoms with Gasteiger partial charge < -0.3 is 29.2 Å². The van der Waals surface area contributed by atoms with E-state index in [0.717, 1.165) is 11.4 Å². The summed E-state index contributed by atoms with van der Waals surface area (Å²) in [6.07, 6.45) is 1.73. The number of carbonyl (C=O) groups is 1. The lowest BCUT2D eigenvalue weighted by Crippen LogP contribution is -2.29. The molecule has 3 heterocycles. The molecule has 8 nitrogen and oxygen atoms in total. The number of thiocarbonyl (C=S) groups is 1. The van der Waals surface area contributed by atoms with Crippen molar-refractivity contribution in [3.8, 4) is 22.8 Å². The Morgan fingerprint density at radius 2 is 1.86 bits per heavy atom. The van der Waals surface area contributed by atoms with Gasteiger partial charge in [-0.25, -0.2) is 4.79 Å². The number of anilines is 1. The zero-order valence-electron chi connectivity index (χ0n) is 19.5. The Morgan fingerprint density at radius 3 is 2.58 bits per heavy atom. The maximum atomic E-state index is 11.8. The highest BCUT2D eigenvalue weighted by Crippen LogP contribution is 2.46. The van der Waals surface area contributed by atoms with Crippen molar-refractivity contribution in [3.63, 3.8) is 0 Å². The Morgan fingerprint density at radius 1 is 1.06 bits per heavy atom. The second kappa shape index (κ2) is 9.71. The van der Waals surface area contributed by atoms with Gasteiger partial charge in [0.25, 0.3) is 0 Å². The predicted octanol–water partition coefficient (Wildman–Crippen LogP) is 5.23. The second-order valence-electron chi connectivity index (χ2n) is 8.09. The van der Waals surface area contributed by atoms with Gasteiger partial charge in [-0.3, -0.25) is 4.98 Å². The van der Waals surface area contributed by atoms with E-state index in [0.29, 0.717) is 33.7 Å².